The van der Waals surface area contributed by atoms with Crippen molar-refractivity contribution < 1.29 is 4.79 Å². The van der Waals surface area contributed by atoms with E-state index >= 15 is 0 Å². The molecule has 0 spiro atoms. The van der Waals surface area contributed by atoms with Gasteiger partial charge in [-0.15, -0.1) is 11.3 Å². The summed E-state index contributed by atoms with van der Waals surface area (Å²) in [4.78, 5) is 20.4. The Bertz CT molecular complexity index is 882. The van der Waals surface area contributed by atoms with E-state index in [4.69, 9.17) is 5.73 Å². The van der Waals surface area contributed by atoms with Crippen LogP contribution in [-0.4, -0.2) is 28.9 Å². The van der Waals surface area contributed by atoms with E-state index in [9.17, 15) is 4.79 Å². The SMILES string of the molecule is NC(=O)c1sc2ncccc2c1C1CCN(Cc2ccccc2)CC1. The zero-order valence-corrected chi connectivity index (χ0v) is 14.8. The minimum atomic E-state index is -0.329. The molecule has 1 saturated heterocycles. The molecule has 0 aliphatic carbocycles. The molecule has 1 fully saturated rings. The highest BCUT2D eigenvalue weighted by Crippen LogP contribution is 2.39. The first-order valence-electron chi connectivity index (χ1n) is 8.66. The molecule has 0 unspecified atom stereocenters. The minimum absolute atomic E-state index is 0.329. The predicted molar refractivity (Wildman–Crippen MR) is 102 cm³/mol. The fraction of sp³-hybridized carbons (Fsp3) is 0.300. The number of hydrogen-bond donors (Lipinski definition) is 1. The summed E-state index contributed by atoms with van der Waals surface area (Å²) < 4.78 is 0. The second-order valence-electron chi connectivity index (χ2n) is 6.60. The van der Waals surface area contributed by atoms with Gasteiger partial charge in [-0.25, -0.2) is 4.98 Å². The van der Waals surface area contributed by atoms with Gasteiger partial charge >= 0.3 is 0 Å². The van der Waals surface area contributed by atoms with E-state index in [1.165, 1.54) is 16.9 Å². The Labute approximate surface area is 151 Å². The van der Waals surface area contributed by atoms with Crippen LogP contribution in [0.15, 0.2) is 48.7 Å². The summed E-state index contributed by atoms with van der Waals surface area (Å²) >= 11 is 1.43. The first kappa shape index (κ1) is 16.2. The molecule has 0 bridgehead atoms. The van der Waals surface area contributed by atoms with Crippen LogP contribution in [-0.2, 0) is 6.54 Å². The second kappa shape index (κ2) is 6.94. The number of pyridine rings is 1. The minimum Gasteiger partial charge on any atom is -0.365 e. The number of amides is 1. The first-order chi connectivity index (χ1) is 12.2. The highest BCUT2D eigenvalue weighted by atomic mass is 32.1. The molecular weight excluding hydrogens is 330 g/mol. The van der Waals surface area contributed by atoms with E-state index in [1.807, 2.05) is 6.07 Å². The zero-order valence-electron chi connectivity index (χ0n) is 14.0. The van der Waals surface area contributed by atoms with Crippen LogP contribution in [0.1, 0.15) is 39.6 Å². The number of nitrogens with two attached hydrogens (primary N) is 1. The lowest BCUT2D eigenvalue weighted by Gasteiger charge is -2.32. The van der Waals surface area contributed by atoms with Crippen LogP contribution in [0.5, 0.6) is 0 Å². The third-order valence-corrected chi connectivity index (χ3v) is 6.12. The topological polar surface area (TPSA) is 59.2 Å². The summed E-state index contributed by atoms with van der Waals surface area (Å²) in [5, 5.41) is 1.10. The lowest BCUT2D eigenvalue weighted by Crippen LogP contribution is -2.32. The molecule has 25 heavy (non-hydrogen) atoms. The summed E-state index contributed by atoms with van der Waals surface area (Å²) in [6.45, 7) is 3.06. The fourth-order valence-corrected chi connectivity index (χ4v) is 4.84. The smallest absolute Gasteiger partial charge is 0.259 e. The van der Waals surface area contributed by atoms with Crippen molar-refractivity contribution in [2.45, 2.75) is 25.3 Å². The van der Waals surface area contributed by atoms with Crippen molar-refractivity contribution >= 4 is 27.5 Å². The monoisotopic (exact) mass is 351 g/mol. The van der Waals surface area contributed by atoms with Crippen LogP contribution in [0, 0.1) is 0 Å². The van der Waals surface area contributed by atoms with Gasteiger partial charge < -0.3 is 5.73 Å². The number of nitrogens with zero attached hydrogens (tertiary/aromatic N) is 2. The van der Waals surface area contributed by atoms with Crippen LogP contribution in [0.25, 0.3) is 10.2 Å². The molecule has 4 rings (SSSR count). The van der Waals surface area contributed by atoms with Gasteiger partial charge in [0.05, 0.1) is 4.88 Å². The lowest BCUT2D eigenvalue weighted by molar-refractivity contribution is 0.100. The molecule has 1 aromatic carbocycles. The Morgan fingerprint density at radius 3 is 2.64 bits per heavy atom. The van der Waals surface area contributed by atoms with Gasteiger partial charge in [0.25, 0.3) is 5.91 Å². The predicted octanol–water partition coefficient (Wildman–Crippen LogP) is 3.77. The molecule has 0 saturated carbocycles. The number of hydrogen-bond acceptors (Lipinski definition) is 4. The van der Waals surface area contributed by atoms with E-state index in [1.54, 1.807) is 6.20 Å². The van der Waals surface area contributed by atoms with E-state index < -0.39 is 0 Å². The van der Waals surface area contributed by atoms with Gasteiger partial charge in [0.2, 0.25) is 0 Å². The number of carbonyl (C=O) groups excluding carboxylic acids is 1. The number of carbonyl (C=O) groups is 1. The quantitative estimate of drug-likeness (QED) is 0.778. The number of thiophene rings is 1. The maximum absolute atomic E-state index is 11.9. The molecule has 3 heterocycles. The Morgan fingerprint density at radius 2 is 1.92 bits per heavy atom. The third kappa shape index (κ3) is 3.30. The van der Waals surface area contributed by atoms with Crippen molar-refractivity contribution in [1.29, 1.82) is 0 Å². The normalized spacial score (nSPS) is 16.3. The molecule has 3 aromatic rings. The molecule has 2 aromatic heterocycles. The lowest BCUT2D eigenvalue weighted by atomic mass is 9.87. The Kier molecular flexibility index (Phi) is 4.51. The summed E-state index contributed by atoms with van der Waals surface area (Å²) in [6, 6.07) is 14.6. The van der Waals surface area contributed by atoms with E-state index in [2.05, 4.69) is 46.3 Å². The van der Waals surface area contributed by atoms with E-state index in [-0.39, 0.29) is 5.91 Å². The molecule has 0 atom stereocenters. The summed E-state index contributed by atoms with van der Waals surface area (Å²) in [5.74, 6) is 0.0530. The molecule has 1 aliphatic rings. The third-order valence-electron chi connectivity index (χ3n) is 4.97. The van der Waals surface area contributed by atoms with Crippen LogP contribution in [0.2, 0.25) is 0 Å². The van der Waals surface area contributed by atoms with Gasteiger partial charge in [0.1, 0.15) is 4.83 Å². The van der Waals surface area contributed by atoms with Crippen molar-refractivity contribution in [3.8, 4) is 0 Å². The summed E-state index contributed by atoms with van der Waals surface area (Å²) in [6.07, 6.45) is 3.87. The van der Waals surface area contributed by atoms with E-state index in [0.29, 0.717) is 10.8 Å². The molecule has 0 radical (unpaired) electrons. The van der Waals surface area contributed by atoms with Crippen molar-refractivity contribution in [2.24, 2.45) is 5.73 Å². The summed E-state index contributed by atoms with van der Waals surface area (Å²) in [7, 11) is 0. The van der Waals surface area contributed by atoms with Crippen molar-refractivity contribution in [3.63, 3.8) is 0 Å². The largest absolute Gasteiger partial charge is 0.365 e. The van der Waals surface area contributed by atoms with Gasteiger partial charge in [0.15, 0.2) is 0 Å². The molecular formula is C20H21N3OS. The molecule has 1 amide bonds. The molecule has 5 heteroatoms. The highest BCUT2D eigenvalue weighted by molar-refractivity contribution is 7.20. The van der Waals surface area contributed by atoms with Gasteiger partial charge in [-0.1, -0.05) is 36.4 Å². The standard InChI is InChI=1S/C20H21N3OS/c21-19(24)18-17(16-7-4-10-22-20(16)25-18)15-8-11-23(12-9-15)13-14-5-2-1-3-6-14/h1-7,10,15H,8-9,11-13H2,(H2,21,24). The average Bonchev–Trinajstić information content (AvgIpc) is 3.03. The van der Waals surface area contributed by atoms with Crippen molar-refractivity contribution in [1.82, 2.24) is 9.88 Å². The van der Waals surface area contributed by atoms with Gasteiger partial charge in [-0.2, -0.15) is 0 Å². The number of primary amides is 1. The second-order valence-corrected chi connectivity index (χ2v) is 7.60. The van der Waals surface area contributed by atoms with Crippen LogP contribution in [0.3, 0.4) is 0 Å². The molecule has 1 aliphatic heterocycles. The number of likely N-dealkylation sites (tertiary alicyclic amines) is 1. The number of fused-ring (bicyclic) bond motifs is 1. The number of benzene rings is 1. The first-order valence-corrected chi connectivity index (χ1v) is 9.47. The Hall–Kier alpha value is -2.24. The maximum atomic E-state index is 11.9. The van der Waals surface area contributed by atoms with E-state index in [0.717, 1.165) is 48.3 Å². The number of aromatic nitrogens is 1. The van der Waals surface area contributed by atoms with Crippen LogP contribution >= 0.6 is 11.3 Å². The molecule has 4 nitrogen and oxygen atoms in total. The van der Waals surface area contributed by atoms with Gasteiger partial charge in [-0.3, -0.25) is 9.69 Å². The van der Waals surface area contributed by atoms with Gasteiger partial charge in [-0.05, 0) is 49.0 Å². The maximum Gasteiger partial charge on any atom is 0.259 e. The Balaban J connectivity index is 1.54. The summed E-state index contributed by atoms with van der Waals surface area (Å²) in [5.41, 5.74) is 8.12. The van der Waals surface area contributed by atoms with Crippen LogP contribution < -0.4 is 5.73 Å². The fourth-order valence-electron chi connectivity index (χ4n) is 3.76. The Morgan fingerprint density at radius 1 is 1.16 bits per heavy atom. The van der Waals surface area contributed by atoms with Crippen molar-refractivity contribution in [2.75, 3.05) is 13.1 Å². The van der Waals surface area contributed by atoms with Crippen molar-refractivity contribution in [3.05, 3.63) is 64.7 Å². The van der Waals surface area contributed by atoms with Gasteiger partial charge in [0, 0.05) is 18.1 Å². The van der Waals surface area contributed by atoms with Crippen LogP contribution in [0.4, 0.5) is 0 Å². The zero-order chi connectivity index (χ0) is 17.2. The molecule has 128 valence electrons. The highest BCUT2D eigenvalue weighted by Gasteiger charge is 2.27. The number of rotatable bonds is 4. The number of piperidine rings is 1. The average molecular weight is 351 g/mol. The molecule has 2 N–H and O–H groups in total.